The molecular formula is C28H33FN4O4S. The maximum atomic E-state index is 14.4. The minimum atomic E-state index is -3.32. The summed E-state index contributed by atoms with van der Waals surface area (Å²) in [5.74, 6) is -0.634. The molecule has 1 aromatic heterocycles. The summed E-state index contributed by atoms with van der Waals surface area (Å²) in [6, 6.07) is 14.6. The van der Waals surface area contributed by atoms with Gasteiger partial charge in [-0.1, -0.05) is 30.3 Å². The number of aliphatic hydroxyl groups is 1. The van der Waals surface area contributed by atoms with Crippen molar-refractivity contribution in [2.45, 2.75) is 24.7 Å². The van der Waals surface area contributed by atoms with Gasteiger partial charge in [-0.05, 0) is 43.0 Å². The van der Waals surface area contributed by atoms with Gasteiger partial charge in [-0.3, -0.25) is 9.78 Å². The number of carbonyl (C=O) groups excluding carboxylic acids is 1. The van der Waals surface area contributed by atoms with Gasteiger partial charge < -0.3 is 14.9 Å². The van der Waals surface area contributed by atoms with Crippen molar-refractivity contribution < 1.29 is 22.7 Å². The lowest BCUT2D eigenvalue weighted by Gasteiger charge is -2.44. The van der Waals surface area contributed by atoms with E-state index in [1.165, 1.54) is 28.3 Å². The molecule has 5 rings (SSSR count). The highest BCUT2D eigenvalue weighted by Crippen LogP contribution is 2.42. The Kier molecular flexibility index (Phi) is 7.39. The third-order valence-corrected chi connectivity index (χ3v) is 9.34. The molecule has 202 valence electrons. The monoisotopic (exact) mass is 540 g/mol. The molecule has 0 saturated carbocycles. The molecule has 1 amide bonds. The molecule has 0 bridgehead atoms. The van der Waals surface area contributed by atoms with Crippen molar-refractivity contribution in [1.82, 2.24) is 14.2 Å². The lowest BCUT2D eigenvalue weighted by molar-refractivity contribution is 0.0698. The number of benzene rings is 2. The van der Waals surface area contributed by atoms with Crippen LogP contribution in [0.1, 0.15) is 35.2 Å². The molecular weight excluding hydrogens is 507 g/mol. The topological polar surface area (TPSA) is 94.1 Å². The van der Waals surface area contributed by atoms with Gasteiger partial charge in [0.05, 0.1) is 23.0 Å². The largest absolute Gasteiger partial charge is 0.396 e. The molecule has 8 nitrogen and oxygen atoms in total. The van der Waals surface area contributed by atoms with Gasteiger partial charge in [0.25, 0.3) is 5.91 Å². The molecule has 38 heavy (non-hydrogen) atoms. The van der Waals surface area contributed by atoms with Crippen LogP contribution in [-0.2, 0) is 15.4 Å². The van der Waals surface area contributed by atoms with Crippen molar-refractivity contribution in [2.24, 2.45) is 0 Å². The molecule has 3 aromatic rings. The highest BCUT2D eigenvalue weighted by Gasteiger charge is 2.37. The summed E-state index contributed by atoms with van der Waals surface area (Å²) >= 11 is 0. The third kappa shape index (κ3) is 5.12. The number of amides is 1. The number of carbonyl (C=O) groups is 1. The van der Waals surface area contributed by atoms with Gasteiger partial charge in [-0.2, -0.15) is 4.31 Å². The first kappa shape index (κ1) is 26.5. The average Bonchev–Trinajstić information content (AvgIpc) is 2.93. The van der Waals surface area contributed by atoms with Crippen LogP contribution in [0.4, 0.5) is 10.1 Å². The zero-order valence-corrected chi connectivity index (χ0v) is 22.3. The Labute approximate surface area is 222 Å². The zero-order chi connectivity index (χ0) is 26.9. The van der Waals surface area contributed by atoms with E-state index in [9.17, 15) is 22.7 Å². The number of anilines is 1. The summed E-state index contributed by atoms with van der Waals surface area (Å²) in [5, 5.41) is 10.5. The summed E-state index contributed by atoms with van der Waals surface area (Å²) < 4.78 is 39.7. The normalized spacial score (nSPS) is 18.6. The van der Waals surface area contributed by atoms with Crippen molar-refractivity contribution in [1.29, 1.82) is 0 Å². The molecule has 3 heterocycles. The van der Waals surface area contributed by atoms with Crippen LogP contribution in [0.3, 0.4) is 0 Å². The molecule has 0 radical (unpaired) electrons. The van der Waals surface area contributed by atoms with Crippen molar-refractivity contribution in [3.8, 4) is 0 Å². The Hall–Kier alpha value is -3.08. The Balaban J connectivity index is 1.48. The number of hydrogen-bond donors (Lipinski definition) is 1. The number of aliphatic hydroxyl groups excluding tert-OH is 1. The lowest BCUT2D eigenvalue weighted by atomic mass is 9.70. The lowest BCUT2D eigenvalue weighted by Crippen LogP contribution is -2.50. The van der Waals surface area contributed by atoms with Crippen LogP contribution in [0.15, 0.2) is 54.7 Å². The number of rotatable bonds is 6. The van der Waals surface area contributed by atoms with Crippen LogP contribution >= 0.6 is 0 Å². The Bertz CT molecular complexity index is 1420. The predicted molar refractivity (Wildman–Crippen MR) is 145 cm³/mol. The van der Waals surface area contributed by atoms with Crippen molar-refractivity contribution >= 4 is 32.5 Å². The molecule has 1 N–H and O–H groups in total. The molecule has 2 aliphatic heterocycles. The fourth-order valence-electron chi connectivity index (χ4n) is 5.89. The van der Waals surface area contributed by atoms with Crippen molar-refractivity contribution in [3.63, 3.8) is 0 Å². The van der Waals surface area contributed by atoms with E-state index >= 15 is 0 Å². The summed E-state index contributed by atoms with van der Waals surface area (Å²) in [7, 11) is -3.32. The third-order valence-electron chi connectivity index (χ3n) is 8.04. The van der Waals surface area contributed by atoms with E-state index in [-0.39, 0.29) is 44.1 Å². The molecule has 2 fully saturated rings. The SMILES string of the molecule is CS(=O)(=O)N1CCN(C(=O)c2cnc3ccc(F)cc3c2N2CCC(CCO)(c3ccccc3)CC2)CC1. The minimum absolute atomic E-state index is 0.0848. The van der Waals surface area contributed by atoms with E-state index in [4.69, 9.17) is 0 Å². The smallest absolute Gasteiger partial charge is 0.257 e. The highest BCUT2D eigenvalue weighted by atomic mass is 32.2. The number of nitrogens with zero attached hydrogens (tertiary/aromatic N) is 4. The number of fused-ring (bicyclic) bond motifs is 1. The van der Waals surface area contributed by atoms with Crippen LogP contribution in [0, 0.1) is 5.82 Å². The van der Waals surface area contributed by atoms with Gasteiger partial charge in [0.1, 0.15) is 5.82 Å². The van der Waals surface area contributed by atoms with E-state index < -0.39 is 15.8 Å². The van der Waals surface area contributed by atoms with Crippen molar-refractivity contribution in [3.05, 3.63) is 71.7 Å². The van der Waals surface area contributed by atoms with E-state index in [2.05, 4.69) is 22.0 Å². The van der Waals surface area contributed by atoms with Gasteiger partial charge in [-0.25, -0.2) is 12.8 Å². The van der Waals surface area contributed by atoms with Crippen LogP contribution in [0.25, 0.3) is 10.9 Å². The van der Waals surface area contributed by atoms with Gasteiger partial charge in [-0.15, -0.1) is 0 Å². The van der Waals surface area contributed by atoms with Crippen LogP contribution in [0.2, 0.25) is 0 Å². The van der Waals surface area contributed by atoms with Gasteiger partial charge >= 0.3 is 0 Å². The first-order chi connectivity index (χ1) is 18.2. The second-order valence-electron chi connectivity index (χ2n) is 10.2. The second kappa shape index (κ2) is 10.6. The Morgan fingerprint density at radius 1 is 1.03 bits per heavy atom. The highest BCUT2D eigenvalue weighted by molar-refractivity contribution is 7.88. The quantitative estimate of drug-likeness (QED) is 0.517. The van der Waals surface area contributed by atoms with Crippen LogP contribution in [-0.4, -0.2) is 85.8 Å². The van der Waals surface area contributed by atoms with Gasteiger partial charge in [0, 0.05) is 62.9 Å². The van der Waals surface area contributed by atoms with Crippen LogP contribution in [0.5, 0.6) is 0 Å². The summed E-state index contributed by atoms with van der Waals surface area (Å²) in [5.41, 5.74) is 2.68. The number of piperidine rings is 1. The van der Waals surface area contributed by atoms with E-state index in [1.807, 2.05) is 18.2 Å². The number of halogens is 1. The minimum Gasteiger partial charge on any atom is -0.396 e. The van der Waals surface area contributed by atoms with E-state index in [1.54, 1.807) is 17.2 Å². The Morgan fingerprint density at radius 2 is 1.71 bits per heavy atom. The maximum Gasteiger partial charge on any atom is 0.257 e. The fourth-order valence-corrected chi connectivity index (χ4v) is 6.71. The number of sulfonamides is 1. The number of piperazine rings is 1. The summed E-state index contributed by atoms with van der Waals surface area (Å²) in [6.45, 7) is 2.38. The average molecular weight is 541 g/mol. The molecule has 2 aliphatic rings. The van der Waals surface area contributed by atoms with Gasteiger partial charge in [0.15, 0.2) is 0 Å². The Morgan fingerprint density at radius 3 is 2.34 bits per heavy atom. The number of hydrogen-bond acceptors (Lipinski definition) is 6. The molecule has 0 aliphatic carbocycles. The van der Waals surface area contributed by atoms with Gasteiger partial charge in [0.2, 0.25) is 10.0 Å². The zero-order valence-electron chi connectivity index (χ0n) is 21.5. The summed E-state index contributed by atoms with van der Waals surface area (Å²) in [4.78, 5) is 22.0. The molecule has 10 heteroatoms. The maximum absolute atomic E-state index is 14.4. The fraction of sp³-hybridized carbons (Fsp3) is 0.429. The first-order valence-electron chi connectivity index (χ1n) is 13.0. The van der Waals surface area contributed by atoms with Crippen molar-refractivity contribution in [2.75, 3.05) is 57.0 Å². The predicted octanol–water partition coefficient (Wildman–Crippen LogP) is 3.01. The number of pyridine rings is 1. The van der Waals surface area contributed by atoms with E-state index in [0.29, 0.717) is 41.7 Å². The molecule has 0 spiro atoms. The molecule has 0 unspecified atom stereocenters. The number of aromatic nitrogens is 1. The molecule has 2 saturated heterocycles. The molecule has 2 aromatic carbocycles. The van der Waals surface area contributed by atoms with E-state index in [0.717, 1.165) is 12.8 Å². The molecule has 0 atom stereocenters. The standard InChI is InChI=1S/C28H33FN4O4S/c1-38(36,37)33-16-14-32(15-17-33)27(35)24-20-30-25-8-7-22(29)19-23(25)26(24)31-12-9-28(10-13-31,11-18-34)21-5-3-2-4-6-21/h2-8,19-20,34H,9-18H2,1H3. The summed E-state index contributed by atoms with van der Waals surface area (Å²) in [6.07, 6.45) is 4.93. The second-order valence-corrected chi connectivity index (χ2v) is 12.2. The first-order valence-corrected chi connectivity index (χ1v) is 14.8. The van der Waals surface area contributed by atoms with Crippen LogP contribution < -0.4 is 4.90 Å².